The van der Waals surface area contributed by atoms with Crippen LogP contribution in [0.1, 0.15) is 71.1 Å². The molecule has 0 amide bonds. The lowest BCUT2D eigenvalue weighted by Crippen LogP contribution is -2.41. The first-order valence-corrected chi connectivity index (χ1v) is 9.79. The molecule has 1 aliphatic carbocycles. The number of unbranched alkanes of at least 4 members (excludes halogenated alkanes) is 3. The molecular formula is C19H35N3O2. The van der Waals surface area contributed by atoms with E-state index in [1.165, 1.54) is 45.8 Å². The highest BCUT2D eigenvalue weighted by Crippen LogP contribution is 2.45. The maximum atomic E-state index is 11.1. The Morgan fingerprint density at radius 1 is 1.17 bits per heavy atom. The number of ether oxygens (including phenoxy) is 1. The van der Waals surface area contributed by atoms with Crippen LogP contribution in [0, 0.1) is 5.41 Å². The van der Waals surface area contributed by atoms with Crippen LogP contribution < -0.4 is 5.32 Å². The number of carbonyl (C=O) groups is 1. The summed E-state index contributed by atoms with van der Waals surface area (Å²) in [7, 11) is 1.45. The molecule has 2 aliphatic rings. The Morgan fingerprint density at radius 3 is 2.62 bits per heavy atom. The SMILES string of the molecule is CCNC(=NCCCCCCC(=O)OC)N1CCC2(CCCC2)C1. The monoisotopic (exact) mass is 337 g/mol. The van der Waals surface area contributed by atoms with Gasteiger partial charge in [0, 0.05) is 32.6 Å². The Morgan fingerprint density at radius 2 is 1.92 bits per heavy atom. The third kappa shape index (κ3) is 5.67. The Kier molecular flexibility index (Phi) is 7.86. The first kappa shape index (κ1) is 19.1. The van der Waals surface area contributed by atoms with Gasteiger partial charge in [0.15, 0.2) is 5.96 Å². The van der Waals surface area contributed by atoms with Gasteiger partial charge in [0.1, 0.15) is 0 Å². The van der Waals surface area contributed by atoms with Gasteiger partial charge in [0.25, 0.3) is 0 Å². The van der Waals surface area contributed by atoms with Crippen molar-refractivity contribution in [2.45, 2.75) is 71.1 Å². The third-order valence-electron chi connectivity index (χ3n) is 5.52. The second-order valence-electron chi connectivity index (χ2n) is 7.35. The van der Waals surface area contributed by atoms with E-state index in [1.807, 2.05) is 0 Å². The highest BCUT2D eigenvalue weighted by Gasteiger charge is 2.40. The molecule has 1 spiro atoms. The number of nitrogens with one attached hydrogen (secondary N) is 1. The van der Waals surface area contributed by atoms with Crippen molar-refractivity contribution in [3.8, 4) is 0 Å². The summed E-state index contributed by atoms with van der Waals surface area (Å²) in [5, 5.41) is 3.47. The van der Waals surface area contributed by atoms with Gasteiger partial charge in [-0.3, -0.25) is 9.79 Å². The van der Waals surface area contributed by atoms with Gasteiger partial charge in [-0.05, 0) is 44.4 Å². The van der Waals surface area contributed by atoms with E-state index >= 15 is 0 Å². The lowest BCUT2D eigenvalue weighted by atomic mass is 9.86. The smallest absolute Gasteiger partial charge is 0.305 e. The number of carbonyl (C=O) groups excluding carboxylic acids is 1. The average molecular weight is 338 g/mol. The number of hydrogen-bond donors (Lipinski definition) is 1. The van der Waals surface area contributed by atoms with Gasteiger partial charge in [-0.2, -0.15) is 0 Å². The Hall–Kier alpha value is -1.26. The molecule has 2 fully saturated rings. The fourth-order valence-electron chi connectivity index (χ4n) is 4.10. The van der Waals surface area contributed by atoms with Gasteiger partial charge in [-0.15, -0.1) is 0 Å². The van der Waals surface area contributed by atoms with Crippen LogP contribution in [0.25, 0.3) is 0 Å². The molecule has 0 aromatic rings. The van der Waals surface area contributed by atoms with Gasteiger partial charge < -0.3 is 15.0 Å². The van der Waals surface area contributed by atoms with Crippen LogP contribution in [0.2, 0.25) is 0 Å². The lowest BCUT2D eigenvalue weighted by molar-refractivity contribution is -0.140. The summed E-state index contributed by atoms with van der Waals surface area (Å²) >= 11 is 0. The van der Waals surface area contributed by atoms with Gasteiger partial charge in [0.2, 0.25) is 0 Å². The van der Waals surface area contributed by atoms with E-state index in [0.717, 1.165) is 51.3 Å². The van der Waals surface area contributed by atoms with Crippen LogP contribution in [0.3, 0.4) is 0 Å². The van der Waals surface area contributed by atoms with Crippen molar-refractivity contribution in [3.05, 3.63) is 0 Å². The first-order chi connectivity index (χ1) is 11.7. The number of hydrogen-bond acceptors (Lipinski definition) is 3. The molecule has 1 heterocycles. The van der Waals surface area contributed by atoms with E-state index in [9.17, 15) is 4.79 Å². The summed E-state index contributed by atoms with van der Waals surface area (Å²) in [6.45, 7) is 6.30. The summed E-state index contributed by atoms with van der Waals surface area (Å²) in [6.07, 6.45) is 11.7. The zero-order chi connectivity index (χ0) is 17.3. The van der Waals surface area contributed by atoms with E-state index in [-0.39, 0.29) is 5.97 Å². The van der Waals surface area contributed by atoms with Gasteiger partial charge >= 0.3 is 5.97 Å². The van der Waals surface area contributed by atoms with Crippen LogP contribution in [0.4, 0.5) is 0 Å². The third-order valence-corrected chi connectivity index (χ3v) is 5.52. The van der Waals surface area contributed by atoms with Crippen molar-refractivity contribution in [3.63, 3.8) is 0 Å². The van der Waals surface area contributed by atoms with Crippen molar-refractivity contribution >= 4 is 11.9 Å². The molecular weight excluding hydrogens is 302 g/mol. The number of esters is 1. The Balaban J connectivity index is 1.68. The molecule has 0 bridgehead atoms. The van der Waals surface area contributed by atoms with Crippen LogP contribution in [-0.4, -0.2) is 50.1 Å². The molecule has 1 N–H and O–H groups in total. The molecule has 0 aromatic heterocycles. The van der Waals surface area contributed by atoms with Crippen molar-refractivity contribution < 1.29 is 9.53 Å². The summed E-state index contributed by atoms with van der Waals surface area (Å²) in [5.41, 5.74) is 0.587. The number of aliphatic imine (C=N–C) groups is 1. The molecule has 0 radical (unpaired) electrons. The first-order valence-electron chi connectivity index (χ1n) is 9.79. The van der Waals surface area contributed by atoms with Crippen LogP contribution >= 0.6 is 0 Å². The molecule has 138 valence electrons. The topological polar surface area (TPSA) is 53.9 Å². The molecule has 2 rings (SSSR count). The fourth-order valence-corrected chi connectivity index (χ4v) is 4.10. The highest BCUT2D eigenvalue weighted by atomic mass is 16.5. The molecule has 1 saturated heterocycles. The molecule has 5 nitrogen and oxygen atoms in total. The summed E-state index contributed by atoms with van der Waals surface area (Å²) in [5.74, 6) is 1.01. The standard InChI is InChI=1S/C19H35N3O2/c1-3-20-18(21-14-9-5-4-6-10-17(23)24-2)22-15-13-19(16-22)11-7-8-12-19/h3-16H2,1-2H3,(H,20,21). The minimum atomic E-state index is -0.0997. The molecule has 0 aromatic carbocycles. The minimum Gasteiger partial charge on any atom is -0.469 e. The fraction of sp³-hybridized carbons (Fsp3) is 0.895. The largest absolute Gasteiger partial charge is 0.469 e. The van der Waals surface area contributed by atoms with E-state index in [4.69, 9.17) is 4.99 Å². The van der Waals surface area contributed by atoms with E-state index < -0.39 is 0 Å². The van der Waals surface area contributed by atoms with Gasteiger partial charge in [-0.1, -0.05) is 25.7 Å². The molecule has 24 heavy (non-hydrogen) atoms. The zero-order valence-electron chi connectivity index (χ0n) is 15.6. The molecule has 1 aliphatic heterocycles. The zero-order valence-corrected chi connectivity index (χ0v) is 15.6. The van der Waals surface area contributed by atoms with Crippen LogP contribution in [0.15, 0.2) is 4.99 Å². The van der Waals surface area contributed by atoms with Crippen molar-refractivity contribution in [1.82, 2.24) is 10.2 Å². The predicted octanol–water partition coefficient (Wildman–Crippen LogP) is 3.34. The quantitative estimate of drug-likeness (QED) is 0.319. The molecule has 0 unspecified atom stereocenters. The summed E-state index contributed by atoms with van der Waals surface area (Å²) < 4.78 is 4.66. The Bertz CT molecular complexity index is 417. The van der Waals surface area contributed by atoms with E-state index in [2.05, 4.69) is 21.9 Å². The second kappa shape index (κ2) is 9.90. The molecule has 5 heteroatoms. The maximum absolute atomic E-state index is 11.1. The number of methoxy groups -OCH3 is 1. The van der Waals surface area contributed by atoms with E-state index in [0.29, 0.717) is 11.8 Å². The number of rotatable bonds is 8. The number of guanidine groups is 1. The summed E-state index contributed by atoms with van der Waals surface area (Å²) in [6, 6.07) is 0. The second-order valence-corrected chi connectivity index (χ2v) is 7.35. The van der Waals surface area contributed by atoms with Crippen molar-refractivity contribution in [2.75, 3.05) is 33.3 Å². The normalized spacial score (nSPS) is 19.9. The number of nitrogens with zero attached hydrogens (tertiary/aromatic N) is 2. The average Bonchev–Trinajstić information content (AvgIpc) is 3.23. The highest BCUT2D eigenvalue weighted by molar-refractivity contribution is 5.80. The van der Waals surface area contributed by atoms with E-state index in [1.54, 1.807) is 0 Å². The summed E-state index contributed by atoms with van der Waals surface area (Å²) in [4.78, 5) is 18.4. The molecule has 0 atom stereocenters. The maximum Gasteiger partial charge on any atom is 0.305 e. The minimum absolute atomic E-state index is 0.0997. The molecule has 1 saturated carbocycles. The van der Waals surface area contributed by atoms with Gasteiger partial charge in [-0.25, -0.2) is 0 Å². The lowest BCUT2D eigenvalue weighted by Gasteiger charge is -2.26. The van der Waals surface area contributed by atoms with Crippen LogP contribution in [-0.2, 0) is 9.53 Å². The van der Waals surface area contributed by atoms with Crippen molar-refractivity contribution in [2.24, 2.45) is 10.4 Å². The van der Waals surface area contributed by atoms with Gasteiger partial charge in [0.05, 0.1) is 7.11 Å². The number of likely N-dealkylation sites (tertiary alicyclic amines) is 1. The van der Waals surface area contributed by atoms with Crippen molar-refractivity contribution in [1.29, 1.82) is 0 Å². The Labute approximate surface area is 147 Å². The van der Waals surface area contributed by atoms with Crippen LogP contribution in [0.5, 0.6) is 0 Å². The predicted molar refractivity (Wildman–Crippen MR) is 98.2 cm³/mol.